The summed E-state index contributed by atoms with van der Waals surface area (Å²) in [6.45, 7) is 10.6. The van der Waals surface area contributed by atoms with Gasteiger partial charge in [-0.2, -0.15) is 0 Å². The minimum absolute atomic E-state index is 0.145. The quantitative estimate of drug-likeness (QED) is 0.834. The fourth-order valence-corrected chi connectivity index (χ4v) is 3.04. The minimum Gasteiger partial charge on any atom is -0.480 e. The van der Waals surface area contributed by atoms with Crippen LogP contribution in [0, 0.1) is 11.8 Å². The second-order valence-electron chi connectivity index (χ2n) is 6.24. The van der Waals surface area contributed by atoms with Gasteiger partial charge in [0.15, 0.2) is 0 Å². The third-order valence-corrected chi connectivity index (χ3v) is 4.82. The number of carboxylic acids is 1. The van der Waals surface area contributed by atoms with Crippen LogP contribution in [0.1, 0.15) is 53.9 Å². The van der Waals surface area contributed by atoms with Gasteiger partial charge in [-0.25, -0.2) is 9.59 Å². The molecule has 2 amide bonds. The second-order valence-corrected chi connectivity index (χ2v) is 6.24. The Labute approximate surface area is 121 Å². The predicted octanol–water partition coefficient (Wildman–Crippen LogP) is 2.71. The van der Waals surface area contributed by atoms with Crippen LogP contribution >= 0.6 is 0 Å². The highest BCUT2D eigenvalue weighted by molar-refractivity contribution is 5.86. The molecule has 0 aliphatic carbocycles. The molecule has 116 valence electrons. The van der Waals surface area contributed by atoms with Gasteiger partial charge in [-0.05, 0) is 38.0 Å². The number of piperidine rings is 1. The van der Waals surface area contributed by atoms with E-state index in [9.17, 15) is 14.7 Å². The lowest BCUT2D eigenvalue weighted by Crippen LogP contribution is -2.60. The van der Waals surface area contributed by atoms with E-state index >= 15 is 0 Å². The molecule has 1 rings (SSSR count). The molecule has 3 atom stereocenters. The maximum Gasteiger partial charge on any atom is 0.329 e. The standard InChI is InChI=1S/C15H28N2O3/c1-6-15(7-2,13(18)19)16-14(20)17-9-10(3)8-11(4)12(17)5/h10-12H,6-9H2,1-5H3,(H,16,20)(H,18,19). The topological polar surface area (TPSA) is 69.6 Å². The number of amides is 2. The van der Waals surface area contributed by atoms with Crippen molar-refractivity contribution in [2.75, 3.05) is 6.54 Å². The number of carbonyl (C=O) groups excluding carboxylic acids is 1. The van der Waals surface area contributed by atoms with Gasteiger partial charge in [0.2, 0.25) is 0 Å². The molecule has 0 bridgehead atoms. The van der Waals surface area contributed by atoms with Crippen molar-refractivity contribution in [3.8, 4) is 0 Å². The smallest absolute Gasteiger partial charge is 0.329 e. The molecule has 0 spiro atoms. The molecule has 0 aromatic heterocycles. The summed E-state index contributed by atoms with van der Waals surface area (Å²) < 4.78 is 0. The Balaban J connectivity index is 2.86. The van der Waals surface area contributed by atoms with Crippen molar-refractivity contribution < 1.29 is 14.7 Å². The van der Waals surface area contributed by atoms with Gasteiger partial charge in [0.25, 0.3) is 0 Å². The lowest BCUT2D eigenvalue weighted by Gasteiger charge is -2.42. The lowest BCUT2D eigenvalue weighted by atomic mass is 9.86. The van der Waals surface area contributed by atoms with Gasteiger partial charge in [-0.15, -0.1) is 0 Å². The fraction of sp³-hybridized carbons (Fsp3) is 0.867. The molecular weight excluding hydrogens is 256 g/mol. The van der Waals surface area contributed by atoms with Crippen LogP contribution in [0.3, 0.4) is 0 Å². The summed E-state index contributed by atoms with van der Waals surface area (Å²) >= 11 is 0. The Morgan fingerprint density at radius 2 is 1.80 bits per heavy atom. The Hall–Kier alpha value is -1.26. The van der Waals surface area contributed by atoms with Gasteiger partial charge in [0, 0.05) is 12.6 Å². The first kappa shape index (κ1) is 16.8. The van der Waals surface area contributed by atoms with E-state index in [1.807, 2.05) is 6.92 Å². The second kappa shape index (κ2) is 6.46. The first-order chi connectivity index (χ1) is 9.27. The molecule has 5 nitrogen and oxygen atoms in total. The summed E-state index contributed by atoms with van der Waals surface area (Å²) in [4.78, 5) is 25.8. The molecule has 0 radical (unpaired) electrons. The molecule has 0 aromatic rings. The van der Waals surface area contributed by atoms with Crippen molar-refractivity contribution in [2.24, 2.45) is 11.8 Å². The largest absolute Gasteiger partial charge is 0.480 e. The zero-order chi connectivity index (χ0) is 15.5. The average molecular weight is 284 g/mol. The maximum absolute atomic E-state index is 12.5. The van der Waals surface area contributed by atoms with Gasteiger partial charge in [0.05, 0.1) is 0 Å². The van der Waals surface area contributed by atoms with Crippen LogP contribution in [0.4, 0.5) is 4.79 Å². The van der Waals surface area contributed by atoms with E-state index in [4.69, 9.17) is 0 Å². The molecule has 1 heterocycles. The highest BCUT2D eigenvalue weighted by Crippen LogP contribution is 2.27. The first-order valence-electron chi connectivity index (χ1n) is 7.59. The van der Waals surface area contributed by atoms with Gasteiger partial charge < -0.3 is 15.3 Å². The highest BCUT2D eigenvalue weighted by Gasteiger charge is 2.40. The molecule has 1 aliphatic heterocycles. The highest BCUT2D eigenvalue weighted by atomic mass is 16.4. The lowest BCUT2D eigenvalue weighted by molar-refractivity contribution is -0.144. The van der Waals surface area contributed by atoms with Crippen molar-refractivity contribution in [3.05, 3.63) is 0 Å². The number of carboxylic acid groups (broad SMARTS) is 1. The Morgan fingerprint density at radius 3 is 2.25 bits per heavy atom. The molecule has 3 unspecified atom stereocenters. The van der Waals surface area contributed by atoms with Gasteiger partial charge in [0.1, 0.15) is 5.54 Å². The summed E-state index contributed by atoms with van der Waals surface area (Å²) in [5, 5.41) is 12.2. The van der Waals surface area contributed by atoms with E-state index in [1.165, 1.54) is 0 Å². The summed E-state index contributed by atoms with van der Waals surface area (Å²) in [6, 6.07) is -0.103. The zero-order valence-electron chi connectivity index (χ0n) is 13.3. The number of aliphatic carboxylic acids is 1. The van der Waals surface area contributed by atoms with Crippen LogP contribution in [0.15, 0.2) is 0 Å². The zero-order valence-corrected chi connectivity index (χ0v) is 13.3. The first-order valence-corrected chi connectivity index (χ1v) is 7.59. The Morgan fingerprint density at radius 1 is 1.25 bits per heavy atom. The van der Waals surface area contributed by atoms with Gasteiger partial charge >= 0.3 is 12.0 Å². The fourth-order valence-electron chi connectivity index (χ4n) is 3.04. The van der Waals surface area contributed by atoms with Crippen LogP contribution in [0.2, 0.25) is 0 Å². The summed E-state index contributed by atoms with van der Waals surface area (Å²) in [5.74, 6) is -0.0666. The molecule has 5 heteroatoms. The van der Waals surface area contributed by atoms with Crippen molar-refractivity contribution in [2.45, 2.75) is 65.5 Å². The van der Waals surface area contributed by atoms with E-state index in [1.54, 1.807) is 18.7 Å². The number of hydrogen-bond donors (Lipinski definition) is 2. The number of nitrogens with one attached hydrogen (secondary N) is 1. The summed E-state index contributed by atoms with van der Waals surface area (Å²) in [7, 11) is 0. The molecule has 2 N–H and O–H groups in total. The van der Waals surface area contributed by atoms with Crippen LogP contribution < -0.4 is 5.32 Å². The Kier molecular flexibility index (Phi) is 5.42. The number of urea groups is 1. The number of hydrogen-bond acceptors (Lipinski definition) is 2. The van der Waals surface area contributed by atoms with Gasteiger partial charge in [-0.1, -0.05) is 27.7 Å². The number of nitrogens with zero attached hydrogens (tertiary/aromatic N) is 1. The number of likely N-dealkylation sites (tertiary alicyclic amines) is 1. The molecule has 1 saturated heterocycles. The number of rotatable bonds is 4. The maximum atomic E-state index is 12.5. The van der Waals surface area contributed by atoms with E-state index in [2.05, 4.69) is 19.2 Å². The van der Waals surface area contributed by atoms with E-state index in [-0.39, 0.29) is 12.1 Å². The van der Waals surface area contributed by atoms with E-state index < -0.39 is 11.5 Å². The summed E-state index contributed by atoms with van der Waals surface area (Å²) in [5.41, 5.74) is -1.15. The molecule has 0 saturated carbocycles. The third kappa shape index (κ3) is 3.25. The van der Waals surface area contributed by atoms with Crippen LogP contribution in [-0.2, 0) is 4.79 Å². The van der Waals surface area contributed by atoms with E-state index in [0.717, 1.165) is 6.42 Å². The van der Waals surface area contributed by atoms with Crippen LogP contribution in [-0.4, -0.2) is 40.1 Å². The monoisotopic (exact) mass is 284 g/mol. The van der Waals surface area contributed by atoms with Crippen molar-refractivity contribution in [1.29, 1.82) is 0 Å². The number of carbonyl (C=O) groups is 2. The van der Waals surface area contributed by atoms with Crippen molar-refractivity contribution in [1.82, 2.24) is 10.2 Å². The normalized spacial score (nSPS) is 27.2. The van der Waals surface area contributed by atoms with Gasteiger partial charge in [-0.3, -0.25) is 0 Å². The van der Waals surface area contributed by atoms with Crippen LogP contribution in [0.25, 0.3) is 0 Å². The molecule has 20 heavy (non-hydrogen) atoms. The van der Waals surface area contributed by atoms with Crippen LogP contribution in [0.5, 0.6) is 0 Å². The molecular formula is C15H28N2O3. The molecule has 0 aromatic carbocycles. The SMILES string of the molecule is CCC(CC)(NC(=O)N1CC(C)CC(C)C1C)C(=O)O. The minimum atomic E-state index is -1.15. The molecule has 1 aliphatic rings. The molecule has 1 fully saturated rings. The summed E-state index contributed by atoms with van der Waals surface area (Å²) in [6.07, 6.45) is 1.88. The predicted molar refractivity (Wildman–Crippen MR) is 78.6 cm³/mol. The van der Waals surface area contributed by atoms with Crippen molar-refractivity contribution >= 4 is 12.0 Å². The van der Waals surface area contributed by atoms with E-state index in [0.29, 0.717) is 31.2 Å². The Bertz CT molecular complexity index is 366. The van der Waals surface area contributed by atoms with Crippen molar-refractivity contribution in [3.63, 3.8) is 0 Å². The third-order valence-electron chi connectivity index (χ3n) is 4.82. The average Bonchev–Trinajstić information content (AvgIpc) is 2.39.